The molecule has 1 N–H and O–H groups in total. The van der Waals surface area contributed by atoms with Gasteiger partial charge < -0.3 is 5.11 Å². The van der Waals surface area contributed by atoms with Crippen molar-refractivity contribution < 1.29 is 9.50 Å². The first-order chi connectivity index (χ1) is 8.16. The van der Waals surface area contributed by atoms with Gasteiger partial charge in [-0.3, -0.25) is 4.90 Å². The fraction of sp³-hybridized carbons (Fsp3) is 0.571. The summed E-state index contributed by atoms with van der Waals surface area (Å²) >= 11 is 0. The Bertz CT molecular complexity index is 369. The maximum atomic E-state index is 13.1. The Morgan fingerprint density at radius 2 is 2.12 bits per heavy atom. The van der Waals surface area contributed by atoms with E-state index < -0.39 is 0 Å². The van der Waals surface area contributed by atoms with Crippen molar-refractivity contribution in [3.8, 4) is 0 Å². The first-order valence-electron chi connectivity index (χ1n) is 6.29. The maximum Gasteiger partial charge on any atom is 0.123 e. The van der Waals surface area contributed by atoms with Gasteiger partial charge in [-0.1, -0.05) is 25.0 Å². The van der Waals surface area contributed by atoms with Crippen LogP contribution in [-0.2, 0) is 6.54 Å². The molecule has 0 unspecified atom stereocenters. The molecule has 1 fully saturated rings. The van der Waals surface area contributed by atoms with Gasteiger partial charge >= 0.3 is 0 Å². The quantitative estimate of drug-likeness (QED) is 0.873. The van der Waals surface area contributed by atoms with Gasteiger partial charge in [0.1, 0.15) is 5.82 Å². The zero-order valence-electron chi connectivity index (χ0n) is 10.3. The van der Waals surface area contributed by atoms with E-state index in [0.29, 0.717) is 6.54 Å². The molecule has 0 bridgehead atoms. The summed E-state index contributed by atoms with van der Waals surface area (Å²) in [6.45, 7) is 0.694. The monoisotopic (exact) mass is 237 g/mol. The van der Waals surface area contributed by atoms with E-state index in [-0.39, 0.29) is 18.0 Å². The third kappa shape index (κ3) is 3.27. The van der Waals surface area contributed by atoms with Gasteiger partial charge in [-0.2, -0.15) is 0 Å². The van der Waals surface area contributed by atoms with Crippen LogP contribution in [0.3, 0.4) is 0 Å². The second kappa shape index (κ2) is 5.61. The van der Waals surface area contributed by atoms with E-state index in [1.165, 1.54) is 12.5 Å². The Labute approximate surface area is 102 Å². The second-order valence-corrected chi connectivity index (χ2v) is 4.96. The number of hydrogen-bond donors (Lipinski definition) is 1. The van der Waals surface area contributed by atoms with E-state index in [1.807, 2.05) is 13.1 Å². The molecule has 0 heterocycles. The van der Waals surface area contributed by atoms with Crippen LogP contribution in [-0.4, -0.2) is 29.2 Å². The lowest BCUT2D eigenvalue weighted by Crippen LogP contribution is -2.42. The second-order valence-electron chi connectivity index (χ2n) is 4.96. The lowest BCUT2D eigenvalue weighted by molar-refractivity contribution is 0.0288. The van der Waals surface area contributed by atoms with Crippen molar-refractivity contribution >= 4 is 0 Å². The maximum absolute atomic E-state index is 13.1. The normalized spacial score (nSPS) is 25.2. The largest absolute Gasteiger partial charge is 0.391 e. The lowest BCUT2D eigenvalue weighted by Gasteiger charge is -2.35. The van der Waals surface area contributed by atoms with Crippen molar-refractivity contribution in [3.05, 3.63) is 35.6 Å². The minimum Gasteiger partial charge on any atom is -0.391 e. The minimum absolute atomic E-state index is 0.194. The Morgan fingerprint density at radius 1 is 1.35 bits per heavy atom. The zero-order chi connectivity index (χ0) is 12.3. The van der Waals surface area contributed by atoms with E-state index in [4.69, 9.17) is 0 Å². The molecule has 1 aromatic carbocycles. The Hall–Kier alpha value is -0.930. The number of halogens is 1. The van der Waals surface area contributed by atoms with E-state index in [9.17, 15) is 9.50 Å². The molecule has 1 aromatic rings. The molecule has 2 rings (SSSR count). The molecule has 0 radical (unpaired) electrons. The van der Waals surface area contributed by atoms with E-state index >= 15 is 0 Å². The molecule has 0 spiro atoms. The van der Waals surface area contributed by atoms with Crippen LogP contribution in [0.2, 0.25) is 0 Å². The summed E-state index contributed by atoms with van der Waals surface area (Å²) in [6, 6.07) is 6.89. The fourth-order valence-electron chi connectivity index (χ4n) is 2.65. The van der Waals surface area contributed by atoms with Crippen LogP contribution < -0.4 is 0 Å². The summed E-state index contributed by atoms with van der Waals surface area (Å²) in [7, 11) is 2.00. The van der Waals surface area contributed by atoms with Crippen LogP contribution in [0.25, 0.3) is 0 Å². The van der Waals surface area contributed by atoms with Crippen molar-refractivity contribution in [2.75, 3.05) is 7.05 Å². The third-order valence-electron chi connectivity index (χ3n) is 3.58. The topological polar surface area (TPSA) is 23.5 Å². The molecule has 2 nitrogen and oxygen atoms in total. The number of aliphatic hydroxyl groups is 1. The number of nitrogens with zero attached hydrogens (tertiary/aromatic N) is 1. The predicted molar refractivity (Wildman–Crippen MR) is 66.1 cm³/mol. The van der Waals surface area contributed by atoms with Gasteiger partial charge in [0.15, 0.2) is 0 Å². The highest BCUT2D eigenvalue weighted by molar-refractivity contribution is 5.16. The van der Waals surface area contributed by atoms with Gasteiger partial charge in [0.25, 0.3) is 0 Å². The smallest absolute Gasteiger partial charge is 0.123 e. The zero-order valence-corrected chi connectivity index (χ0v) is 10.3. The molecule has 17 heavy (non-hydrogen) atoms. The number of rotatable bonds is 3. The lowest BCUT2D eigenvalue weighted by atomic mass is 9.91. The molecular formula is C14H20FNO. The summed E-state index contributed by atoms with van der Waals surface area (Å²) in [5.74, 6) is -0.194. The number of benzene rings is 1. The molecule has 1 saturated carbocycles. The van der Waals surface area contributed by atoms with Crippen molar-refractivity contribution in [1.82, 2.24) is 4.90 Å². The molecular weight excluding hydrogens is 217 g/mol. The highest BCUT2D eigenvalue weighted by Crippen LogP contribution is 2.23. The fourth-order valence-corrected chi connectivity index (χ4v) is 2.65. The van der Waals surface area contributed by atoms with Crippen LogP contribution >= 0.6 is 0 Å². The standard InChI is InChI=1S/C14H20FNO/c1-16(13-7-2-3-8-14(13)17)10-11-5-4-6-12(15)9-11/h4-6,9,13-14,17H,2-3,7-8,10H2,1H3/t13-,14-/m0/s1. The van der Waals surface area contributed by atoms with Crippen molar-refractivity contribution in [2.24, 2.45) is 0 Å². The molecule has 1 aliphatic carbocycles. The first kappa shape index (κ1) is 12.5. The Kier molecular flexibility index (Phi) is 4.13. The van der Waals surface area contributed by atoms with Crippen LogP contribution in [0, 0.1) is 5.82 Å². The van der Waals surface area contributed by atoms with Gasteiger partial charge in [-0.15, -0.1) is 0 Å². The third-order valence-corrected chi connectivity index (χ3v) is 3.58. The van der Waals surface area contributed by atoms with Gasteiger partial charge in [0, 0.05) is 12.6 Å². The van der Waals surface area contributed by atoms with Crippen LogP contribution in [0.1, 0.15) is 31.2 Å². The summed E-state index contributed by atoms with van der Waals surface area (Å²) < 4.78 is 13.1. The van der Waals surface area contributed by atoms with Crippen LogP contribution in [0.5, 0.6) is 0 Å². The molecule has 2 atom stereocenters. The van der Waals surface area contributed by atoms with Crippen molar-refractivity contribution in [3.63, 3.8) is 0 Å². The molecule has 94 valence electrons. The molecule has 0 aliphatic heterocycles. The minimum atomic E-state index is -0.234. The van der Waals surface area contributed by atoms with E-state index in [0.717, 1.165) is 24.8 Å². The van der Waals surface area contributed by atoms with Crippen LogP contribution in [0.4, 0.5) is 4.39 Å². The number of hydrogen-bond acceptors (Lipinski definition) is 2. The van der Waals surface area contributed by atoms with E-state index in [1.54, 1.807) is 12.1 Å². The first-order valence-corrected chi connectivity index (χ1v) is 6.29. The molecule has 0 amide bonds. The number of aliphatic hydroxyl groups excluding tert-OH is 1. The predicted octanol–water partition coefficient (Wildman–Crippen LogP) is 2.56. The van der Waals surface area contributed by atoms with E-state index in [2.05, 4.69) is 4.90 Å². The average Bonchev–Trinajstić information content (AvgIpc) is 2.29. The highest BCUT2D eigenvalue weighted by Gasteiger charge is 2.26. The average molecular weight is 237 g/mol. The molecule has 1 aliphatic rings. The van der Waals surface area contributed by atoms with Crippen LogP contribution in [0.15, 0.2) is 24.3 Å². The number of likely N-dealkylation sites (N-methyl/N-ethyl adjacent to an activating group) is 1. The van der Waals surface area contributed by atoms with Crippen molar-refractivity contribution in [1.29, 1.82) is 0 Å². The van der Waals surface area contributed by atoms with Gasteiger partial charge in [0.05, 0.1) is 6.10 Å². The van der Waals surface area contributed by atoms with Crippen molar-refractivity contribution in [2.45, 2.75) is 44.4 Å². The Balaban J connectivity index is 1.98. The Morgan fingerprint density at radius 3 is 2.82 bits per heavy atom. The van der Waals surface area contributed by atoms with Gasteiger partial charge in [-0.05, 0) is 37.6 Å². The summed E-state index contributed by atoms with van der Waals surface area (Å²) in [4.78, 5) is 2.14. The summed E-state index contributed by atoms with van der Waals surface area (Å²) in [6.07, 6.45) is 3.98. The SMILES string of the molecule is CN(Cc1cccc(F)c1)[C@H]1CCCC[C@@H]1O. The molecule has 3 heteroatoms. The molecule has 0 saturated heterocycles. The highest BCUT2D eigenvalue weighted by atomic mass is 19.1. The molecule has 0 aromatic heterocycles. The summed E-state index contributed by atoms with van der Waals surface area (Å²) in [5, 5.41) is 9.96. The van der Waals surface area contributed by atoms with Gasteiger partial charge in [0.2, 0.25) is 0 Å². The van der Waals surface area contributed by atoms with Gasteiger partial charge in [-0.25, -0.2) is 4.39 Å². The summed E-state index contributed by atoms with van der Waals surface area (Å²) in [5.41, 5.74) is 0.963.